The van der Waals surface area contributed by atoms with Gasteiger partial charge in [-0.15, -0.1) is 11.3 Å². The van der Waals surface area contributed by atoms with Crippen LogP contribution in [0.5, 0.6) is 0 Å². The minimum Gasteiger partial charge on any atom is -0.311 e. The van der Waals surface area contributed by atoms with Crippen LogP contribution in [0.3, 0.4) is 0 Å². The minimum absolute atomic E-state index is 0.138. The van der Waals surface area contributed by atoms with E-state index in [0.717, 1.165) is 44.0 Å². The number of carbonyl (C=O) groups is 1. The molecule has 4 heterocycles. The summed E-state index contributed by atoms with van der Waals surface area (Å²) in [4.78, 5) is 21.0. The zero-order valence-corrected chi connectivity index (χ0v) is 17.0. The van der Waals surface area contributed by atoms with Crippen LogP contribution in [0.4, 0.5) is 5.13 Å². The third-order valence-corrected chi connectivity index (χ3v) is 7.35. The molecule has 148 valence electrons. The predicted octanol–water partition coefficient (Wildman–Crippen LogP) is 3.56. The van der Waals surface area contributed by atoms with E-state index in [0.29, 0.717) is 24.4 Å². The average molecular weight is 397 g/mol. The van der Waals surface area contributed by atoms with Crippen LogP contribution < -0.4 is 10.6 Å². The summed E-state index contributed by atoms with van der Waals surface area (Å²) in [6.45, 7) is 2.92. The predicted molar refractivity (Wildman–Crippen MR) is 112 cm³/mol. The second-order valence-corrected chi connectivity index (χ2v) is 9.65. The second-order valence-electron chi connectivity index (χ2n) is 8.56. The Labute approximate surface area is 170 Å². The number of hydrogen-bond donors (Lipinski definition) is 2. The summed E-state index contributed by atoms with van der Waals surface area (Å²) in [7, 11) is 0. The number of anilines is 1. The van der Waals surface area contributed by atoms with Gasteiger partial charge in [0, 0.05) is 49.4 Å². The van der Waals surface area contributed by atoms with Gasteiger partial charge in [0.05, 0.1) is 5.69 Å². The van der Waals surface area contributed by atoms with E-state index >= 15 is 0 Å². The van der Waals surface area contributed by atoms with Crippen molar-refractivity contribution in [1.82, 2.24) is 15.2 Å². The summed E-state index contributed by atoms with van der Waals surface area (Å²) >= 11 is 1.66. The lowest BCUT2D eigenvalue weighted by Gasteiger charge is -2.28. The molecule has 2 fully saturated rings. The molecule has 1 aromatic heterocycles. The van der Waals surface area contributed by atoms with Crippen molar-refractivity contribution >= 4 is 22.4 Å². The zero-order chi connectivity index (χ0) is 18.9. The van der Waals surface area contributed by atoms with Crippen LogP contribution in [-0.4, -0.2) is 34.4 Å². The van der Waals surface area contributed by atoms with Crippen molar-refractivity contribution in [3.05, 3.63) is 46.5 Å². The first-order valence-electron chi connectivity index (χ1n) is 10.5. The van der Waals surface area contributed by atoms with Gasteiger partial charge < -0.3 is 10.6 Å². The molecule has 2 atom stereocenters. The van der Waals surface area contributed by atoms with Crippen molar-refractivity contribution in [3.63, 3.8) is 0 Å². The summed E-state index contributed by atoms with van der Waals surface area (Å²) in [6, 6.07) is 11.9. The molecule has 1 amide bonds. The number of carbonyl (C=O) groups excluding carboxylic acids is 1. The van der Waals surface area contributed by atoms with Crippen LogP contribution in [0.15, 0.2) is 30.3 Å². The Morgan fingerprint density at radius 3 is 2.79 bits per heavy atom. The topological polar surface area (TPSA) is 57.3 Å². The lowest BCUT2D eigenvalue weighted by atomic mass is 9.89. The quantitative estimate of drug-likeness (QED) is 0.811. The third-order valence-electron chi connectivity index (χ3n) is 6.35. The maximum atomic E-state index is 12.6. The number of nitrogens with one attached hydrogen (secondary N) is 2. The summed E-state index contributed by atoms with van der Waals surface area (Å²) in [6.07, 6.45) is 6.45. The van der Waals surface area contributed by atoms with E-state index in [1.807, 2.05) is 0 Å². The van der Waals surface area contributed by atoms with E-state index in [1.165, 1.54) is 29.0 Å². The fourth-order valence-corrected chi connectivity index (χ4v) is 6.12. The van der Waals surface area contributed by atoms with Crippen LogP contribution in [0.1, 0.15) is 48.2 Å². The molecular weight excluding hydrogens is 368 g/mol. The standard InChI is InChI=1S/C22H28N4OS/c27-21(12-16-10-17-6-7-18(11-16)23-17)25-22-24-19-8-9-26(14-20(19)28-22)13-15-4-2-1-3-5-15/h1-5,16-18,23H,6-14H2,(H,24,25,27). The van der Waals surface area contributed by atoms with Gasteiger partial charge in [0.1, 0.15) is 0 Å². The molecule has 0 saturated carbocycles. The van der Waals surface area contributed by atoms with Gasteiger partial charge in [0.25, 0.3) is 0 Å². The van der Waals surface area contributed by atoms with Crippen molar-refractivity contribution in [2.75, 3.05) is 11.9 Å². The molecule has 2 aromatic rings. The highest BCUT2D eigenvalue weighted by atomic mass is 32.1. The molecule has 0 spiro atoms. The van der Waals surface area contributed by atoms with Crippen molar-refractivity contribution in [3.8, 4) is 0 Å². The van der Waals surface area contributed by atoms with Crippen LogP contribution in [0, 0.1) is 5.92 Å². The highest BCUT2D eigenvalue weighted by Gasteiger charge is 2.34. The number of aromatic nitrogens is 1. The van der Waals surface area contributed by atoms with Gasteiger partial charge in [-0.1, -0.05) is 30.3 Å². The van der Waals surface area contributed by atoms with E-state index in [1.54, 1.807) is 11.3 Å². The van der Waals surface area contributed by atoms with Gasteiger partial charge in [-0.3, -0.25) is 9.69 Å². The number of piperidine rings is 1. The normalized spacial score (nSPS) is 26.8. The van der Waals surface area contributed by atoms with Crippen molar-refractivity contribution in [2.24, 2.45) is 5.92 Å². The summed E-state index contributed by atoms with van der Waals surface area (Å²) in [5, 5.41) is 7.53. The van der Waals surface area contributed by atoms with Gasteiger partial charge in [-0.25, -0.2) is 4.98 Å². The van der Waals surface area contributed by atoms with Gasteiger partial charge in [-0.2, -0.15) is 0 Å². The first kappa shape index (κ1) is 18.3. The Hall–Kier alpha value is -1.76. The third kappa shape index (κ3) is 4.14. The molecule has 0 radical (unpaired) electrons. The molecule has 5 rings (SSSR count). The minimum atomic E-state index is 0.138. The molecule has 5 nitrogen and oxygen atoms in total. The molecule has 2 bridgehead atoms. The number of benzene rings is 1. The van der Waals surface area contributed by atoms with E-state index in [9.17, 15) is 4.79 Å². The molecule has 2 unspecified atom stereocenters. The second kappa shape index (κ2) is 7.93. The molecule has 0 aliphatic carbocycles. The maximum absolute atomic E-state index is 12.6. The Morgan fingerprint density at radius 2 is 2.00 bits per heavy atom. The SMILES string of the molecule is O=C(CC1CC2CCC(C1)N2)Nc1nc2c(s1)CN(Cc1ccccc1)CC2. The van der Waals surface area contributed by atoms with Crippen LogP contribution >= 0.6 is 11.3 Å². The molecule has 28 heavy (non-hydrogen) atoms. The van der Waals surface area contributed by atoms with Crippen molar-refractivity contribution in [2.45, 2.75) is 63.7 Å². The lowest BCUT2D eigenvalue weighted by molar-refractivity contribution is -0.117. The molecular formula is C22H28N4OS. The first-order valence-corrected chi connectivity index (χ1v) is 11.3. The number of hydrogen-bond acceptors (Lipinski definition) is 5. The Morgan fingerprint density at radius 1 is 1.21 bits per heavy atom. The summed E-state index contributed by atoms with van der Waals surface area (Å²) < 4.78 is 0. The molecule has 2 N–H and O–H groups in total. The fourth-order valence-electron chi connectivity index (χ4n) is 5.05. The zero-order valence-electron chi connectivity index (χ0n) is 16.2. The van der Waals surface area contributed by atoms with Gasteiger partial charge in [0.2, 0.25) is 5.91 Å². The Balaban J connectivity index is 1.16. The van der Waals surface area contributed by atoms with E-state index in [4.69, 9.17) is 4.98 Å². The molecule has 3 aliphatic rings. The monoisotopic (exact) mass is 396 g/mol. The van der Waals surface area contributed by atoms with Gasteiger partial charge >= 0.3 is 0 Å². The maximum Gasteiger partial charge on any atom is 0.226 e. The van der Waals surface area contributed by atoms with Crippen LogP contribution in [0.25, 0.3) is 0 Å². The van der Waals surface area contributed by atoms with E-state index in [2.05, 4.69) is 45.9 Å². The molecule has 2 saturated heterocycles. The van der Waals surface area contributed by atoms with Gasteiger partial charge in [0.15, 0.2) is 5.13 Å². The van der Waals surface area contributed by atoms with Crippen molar-refractivity contribution < 1.29 is 4.79 Å². The fraction of sp³-hybridized carbons (Fsp3) is 0.545. The molecule has 6 heteroatoms. The highest BCUT2D eigenvalue weighted by molar-refractivity contribution is 7.15. The number of rotatable bonds is 5. The number of nitrogens with zero attached hydrogens (tertiary/aromatic N) is 2. The van der Waals surface area contributed by atoms with Crippen molar-refractivity contribution in [1.29, 1.82) is 0 Å². The van der Waals surface area contributed by atoms with E-state index in [-0.39, 0.29) is 5.91 Å². The Kier molecular flexibility index (Phi) is 5.18. The van der Waals surface area contributed by atoms with Gasteiger partial charge in [-0.05, 0) is 37.2 Å². The number of fused-ring (bicyclic) bond motifs is 3. The lowest BCUT2D eigenvalue weighted by Crippen LogP contribution is -2.39. The van der Waals surface area contributed by atoms with Crippen LogP contribution in [0.2, 0.25) is 0 Å². The number of amides is 1. The average Bonchev–Trinajstić information content (AvgIpc) is 3.24. The number of thiazole rings is 1. The van der Waals surface area contributed by atoms with Crippen LogP contribution in [-0.2, 0) is 24.3 Å². The summed E-state index contributed by atoms with van der Waals surface area (Å²) in [5.74, 6) is 0.660. The first-order chi connectivity index (χ1) is 13.7. The highest BCUT2D eigenvalue weighted by Crippen LogP contribution is 2.33. The Bertz CT molecular complexity index is 824. The molecule has 3 aliphatic heterocycles. The molecule has 1 aromatic carbocycles. The van der Waals surface area contributed by atoms with E-state index < -0.39 is 0 Å². The smallest absolute Gasteiger partial charge is 0.226 e. The largest absolute Gasteiger partial charge is 0.311 e. The summed E-state index contributed by atoms with van der Waals surface area (Å²) in [5.41, 5.74) is 2.52.